The van der Waals surface area contributed by atoms with Crippen molar-refractivity contribution in [1.82, 2.24) is 4.90 Å². The number of hydrogen-bond acceptors (Lipinski definition) is 2. The van der Waals surface area contributed by atoms with Crippen molar-refractivity contribution < 1.29 is 8.78 Å². The Balaban J connectivity index is 1.86. The lowest BCUT2D eigenvalue weighted by molar-refractivity contribution is 0.316. The Labute approximate surface area is 124 Å². The first-order valence-corrected chi connectivity index (χ1v) is 6.99. The second kappa shape index (κ2) is 7.29. The fourth-order valence-corrected chi connectivity index (χ4v) is 2.24. The Kier molecular flexibility index (Phi) is 5.42. The molecule has 0 aliphatic carbocycles. The minimum Gasteiger partial charge on any atom is -0.323 e. The van der Waals surface area contributed by atoms with E-state index >= 15 is 0 Å². The van der Waals surface area contributed by atoms with Crippen LogP contribution in [0.4, 0.5) is 8.78 Å². The summed E-state index contributed by atoms with van der Waals surface area (Å²) in [5.41, 5.74) is 7.93. The Morgan fingerprint density at radius 2 is 1.76 bits per heavy atom. The van der Waals surface area contributed by atoms with Crippen molar-refractivity contribution >= 4 is 0 Å². The predicted molar refractivity (Wildman–Crippen MR) is 80.9 cm³/mol. The molecule has 0 aromatic heterocycles. The minimum atomic E-state index is -0.852. The zero-order chi connectivity index (χ0) is 15.2. The smallest absolute Gasteiger partial charge is 0.159 e. The molecule has 2 aromatic carbocycles. The molecule has 0 aliphatic rings. The largest absolute Gasteiger partial charge is 0.323 e. The number of nitrogens with zero attached hydrogens (tertiary/aromatic N) is 1. The molecule has 0 saturated heterocycles. The normalized spacial score (nSPS) is 12.6. The summed E-state index contributed by atoms with van der Waals surface area (Å²) >= 11 is 0. The highest BCUT2D eigenvalue weighted by atomic mass is 19.2. The molecule has 0 saturated carbocycles. The van der Waals surface area contributed by atoms with Crippen LogP contribution in [0.1, 0.15) is 17.2 Å². The van der Waals surface area contributed by atoms with E-state index < -0.39 is 11.6 Å². The van der Waals surface area contributed by atoms with E-state index in [0.29, 0.717) is 12.1 Å². The fraction of sp³-hybridized carbons (Fsp3) is 0.294. The van der Waals surface area contributed by atoms with E-state index in [4.69, 9.17) is 5.73 Å². The molecule has 0 bridgehead atoms. The van der Waals surface area contributed by atoms with E-state index in [0.717, 1.165) is 19.0 Å². The quantitative estimate of drug-likeness (QED) is 0.885. The molecule has 2 N–H and O–H groups in total. The van der Waals surface area contributed by atoms with Crippen LogP contribution in [0.3, 0.4) is 0 Å². The zero-order valence-corrected chi connectivity index (χ0v) is 12.1. The monoisotopic (exact) mass is 290 g/mol. The maximum absolute atomic E-state index is 13.2. The number of nitrogens with two attached hydrogens (primary N) is 1. The topological polar surface area (TPSA) is 29.3 Å². The number of likely N-dealkylation sites (N-methyl/N-ethyl adjacent to an activating group) is 1. The van der Waals surface area contributed by atoms with Gasteiger partial charge in [0, 0.05) is 19.1 Å². The van der Waals surface area contributed by atoms with E-state index in [1.54, 1.807) is 0 Å². The van der Waals surface area contributed by atoms with Crippen LogP contribution in [0.2, 0.25) is 0 Å². The Morgan fingerprint density at radius 1 is 1.05 bits per heavy atom. The number of benzene rings is 2. The third kappa shape index (κ3) is 4.62. The molecular formula is C17H20F2N2. The van der Waals surface area contributed by atoms with Crippen LogP contribution < -0.4 is 5.73 Å². The molecule has 21 heavy (non-hydrogen) atoms. The van der Waals surface area contributed by atoms with Crippen LogP contribution >= 0.6 is 0 Å². The van der Waals surface area contributed by atoms with E-state index in [1.165, 1.54) is 17.7 Å². The third-order valence-corrected chi connectivity index (χ3v) is 3.51. The molecule has 1 unspecified atom stereocenters. The van der Waals surface area contributed by atoms with Gasteiger partial charge in [0.15, 0.2) is 11.6 Å². The molecule has 0 heterocycles. The van der Waals surface area contributed by atoms with Crippen LogP contribution in [0, 0.1) is 11.6 Å². The van der Waals surface area contributed by atoms with Gasteiger partial charge in [-0.3, -0.25) is 0 Å². The highest BCUT2D eigenvalue weighted by molar-refractivity contribution is 5.21. The van der Waals surface area contributed by atoms with Crippen molar-refractivity contribution in [3.05, 3.63) is 71.3 Å². The summed E-state index contributed by atoms with van der Waals surface area (Å²) in [6.45, 7) is 1.46. The fourth-order valence-electron chi connectivity index (χ4n) is 2.24. The lowest BCUT2D eigenvalue weighted by Gasteiger charge is -2.21. The highest BCUT2D eigenvalue weighted by Gasteiger charge is 2.12. The van der Waals surface area contributed by atoms with E-state index in [1.807, 2.05) is 25.2 Å². The van der Waals surface area contributed by atoms with Crippen LogP contribution in [0.15, 0.2) is 48.5 Å². The first kappa shape index (κ1) is 15.6. The van der Waals surface area contributed by atoms with Gasteiger partial charge >= 0.3 is 0 Å². The van der Waals surface area contributed by atoms with Crippen LogP contribution in [-0.4, -0.2) is 25.0 Å². The zero-order valence-electron chi connectivity index (χ0n) is 12.1. The molecule has 4 heteroatoms. The van der Waals surface area contributed by atoms with Crippen molar-refractivity contribution in [2.24, 2.45) is 5.73 Å². The summed E-state index contributed by atoms with van der Waals surface area (Å²) in [4.78, 5) is 2.10. The summed E-state index contributed by atoms with van der Waals surface area (Å²) in [5, 5.41) is 0. The van der Waals surface area contributed by atoms with Crippen LogP contribution in [0.5, 0.6) is 0 Å². The van der Waals surface area contributed by atoms with Crippen molar-refractivity contribution in [2.45, 2.75) is 12.5 Å². The lowest BCUT2D eigenvalue weighted by atomic mass is 10.1. The van der Waals surface area contributed by atoms with E-state index in [9.17, 15) is 8.78 Å². The summed E-state index contributed by atoms with van der Waals surface area (Å²) in [5.74, 6) is -1.70. The number of hydrogen-bond donors (Lipinski definition) is 1. The maximum Gasteiger partial charge on any atom is 0.159 e. The van der Waals surface area contributed by atoms with Gasteiger partial charge in [-0.25, -0.2) is 8.78 Å². The molecule has 0 aliphatic heterocycles. The molecule has 2 aromatic rings. The molecule has 2 nitrogen and oxygen atoms in total. The number of rotatable bonds is 6. The second-order valence-electron chi connectivity index (χ2n) is 5.28. The molecule has 1 atom stereocenters. The van der Waals surface area contributed by atoms with Gasteiger partial charge in [0.2, 0.25) is 0 Å². The van der Waals surface area contributed by atoms with Gasteiger partial charge < -0.3 is 10.6 Å². The summed E-state index contributed by atoms with van der Waals surface area (Å²) in [6, 6.07) is 13.7. The Bertz CT molecular complexity index is 572. The van der Waals surface area contributed by atoms with Crippen molar-refractivity contribution in [3.8, 4) is 0 Å². The van der Waals surface area contributed by atoms with Gasteiger partial charge in [-0.1, -0.05) is 36.4 Å². The Hall–Kier alpha value is -1.78. The standard InChI is InChI=1S/C17H20F2N2/c1-21(10-9-13-5-3-2-4-6-13)12-17(20)14-7-8-15(18)16(19)11-14/h2-8,11,17H,9-10,12,20H2,1H3. The second-order valence-corrected chi connectivity index (χ2v) is 5.28. The first-order chi connectivity index (χ1) is 10.1. The van der Waals surface area contributed by atoms with Gasteiger partial charge in [0.1, 0.15) is 0 Å². The van der Waals surface area contributed by atoms with Crippen molar-refractivity contribution in [3.63, 3.8) is 0 Å². The Morgan fingerprint density at radius 3 is 2.43 bits per heavy atom. The average Bonchev–Trinajstić information content (AvgIpc) is 2.49. The van der Waals surface area contributed by atoms with Gasteiger partial charge in [-0.15, -0.1) is 0 Å². The van der Waals surface area contributed by atoms with Crippen molar-refractivity contribution in [2.75, 3.05) is 20.1 Å². The first-order valence-electron chi connectivity index (χ1n) is 6.99. The lowest BCUT2D eigenvalue weighted by Crippen LogP contribution is -2.30. The molecule has 0 fully saturated rings. The molecular weight excluding hydrogens is 270 g/mol. The van der Waals surface area contributed by atoms with Crippen LogP contribution in [-0.2, 0) is 6.42 Å². The molecule has 0 amide bonds. The molecule has 2 rings (SSSR count). The summed E-state index contributed by atoms with van der Waals surface area (Å²) in [7, 11) is 1.97. The molecule has 112 valence electrons. The highest BCUT2D eigenvalue weighted by Crippen LogP contribution is 2.15. The van der Waals surface area contributed by atoms with Gasteiger partial charge in [0.05, 0.1) is 0 Å². The SMILES string of the molecule is CN(CCc1ccccc1)CC(N)c1ccc(F)c(F)c1. The van der Waals surface area contributed by atoms with Gasteiger partial charge in [-0.2, -0.15) is 0 Å². The average molecular weight is 290 g/mol. The van der Waals surface area contributed by atoms with Gasteiger partial charge in [-0.05, 0) is 36.7 Å². The van der Waals surface area contributed by atoms with Gasteiger partial charge in [0.25, 0.3) is 0 Å². The van der Waals surface area contributed by atoms with E-state index in [-0.39, 0.29) is 6.04 Å². The minimum absolute atomic E-state index is 0.333. The van der Waals surface area contributed by atoms with Crippen LogP contribution in [0.25, 0.3) is 0 Å². The van der Waals surface area contributed by atoms with Crippen molar-refractivity contribution in [1.29, 1.82) is 0 Å². The van der Waals surface area contributed by atoms with E-state index in [2.05, 4.69) is 17.0 Å². The summed E-state index contributed by atoms with van der Waals surface area (Å²) < 4.78 is 26.1. The molecule has 0 radical (unpaired) electrons. The third-order valence-electron chi connectivity index (χ3n) is 3.51. The number of halogens is 2. The predicted octanol–water partition coefficient (Wildman–Crippen LogP) is 3.14. The summed E-state index contributed by atoms with van der Waals surface area (Å²) in [6.07, 6.45) is 0.932. The molecule has 0 spiro atoms. The maximum atomic E-state index is 13.2.